The van der Waals surface area contributed by atoms with Crippen LogP contribution in [0, 0.1) is 0 Å². The first kappa shape index (κ1) is 25.5. The average Bonchev–Trinajstić information content (AvgIpc) is 2.82. The number of benzene rings is 3. The minimum atomic E-state index is -0.929. The molecule has 3 aromatic carbocycles. The molecule has 3 aromatic rings. The number of nitrogens with zero attached hydrogens (tertiary/aromatic N) is 1. The van der Waals surface area contributed by atoms with Gasteiger partial charge in [0.15, 0.2) is 0 Å². The van der Waals surface area contributed by atoms with Crippen LogP contribution in [0.15, 0.2) is 78.9 Å². The van der Waals surface area contributed by atoms with Gasteiger partial charge in [0.2, 0.25) is 0 Å². The molecule has 180 valence electrons. The zero-order valence-corrected chi connectivity index (χ0v) is 20.9. The first-order valence-electron chi connectivity index (χ1n) is 12.2. The lowest BCUT2D eigenvalue weighted by molar-refractivity contribution is 0.0696. The number of rotatable bonds is 11. The van der Waals surface area contributed by atoms with E-state index in [1.54, 1.807) is 12.1 Å². The fraction of sp³-hybridized carbons (Fsp3) is 0.367. The Morgan fingerprint density at radius 2 is 1.38 bits per heavy atom. The van der Waals surface area contributed by atoms with Gasteiger partial charge >= 0.3 is 5.97 Å². The van der Waals surface area contributed by atoms with Crippen LogP contribution in [0.25, 0.3) is 0 Å². The Labute approximate surface area is 204 Å². The molecule has 0 saturated heterocycles. The van der Waals surface area contributed by atoms with Crippen molar-refractivity contribution in [2.75, 3.05) is 6.54 Å². The largest absolute Gasteiger partial charge is 0.486 e. The summed E-state index contributed by atoms with van der Waals surface area (Å²) in [5.41, 5.74) is 3.44. The van der Waals surface area contributed by atoms with Gasteiger partial charge in [0, 0.05) is 23.6 Å². The molecule has 0 amide bonds. The SMILES string of the molecule is CC(Oc1ccc(C(=O)O)cc1C(CCN(C(C)C)C(C)C)c1ccccc1)c1ccccc1. The Bertz CT molecular complexity index is 1040. The Hall–Kier alpha value is -3.11. The number of carboxylic acid groups (broad SMARTS) is 1. The van der Waals surface area contributed by atoms with E-state index in [1.165, 1.54) is 0 Å². The molecule has 0 aliphatic rings. The number of ether oxygens (including phenoxy) is 1. The van der Waals surface area contributed by atoms with Crippen molar-refractivity contribution in [3.63, 3.8) is 0 Å². The van der Waals surface area contributed by atoms with E-state index in [2.05, 4.69) is 44.7 Å². The Balaban J connectivity index is 2.03. The van der Waals surface area contributed by atoms with Crippen molar-refractivity contribution in [3.8, 4) is 5.75 Å². The highest BCUT2D eigenvalue weighted by molar-refractivity contribution is 5.88. The van der Waals surface area contributed by atoms with Gasteiger partial charge in [-0.25, -0.2) is 4.79 Å². The van der Waals surface area contributed by atoms with Crippen LogP contribution in [0.5, 0.6) is 5.75 Å². The molecule has 0 heterocycles. The van der Waals surface area contributed by atoms with Crippen LogP contribution < -0.4 is 4.74 Å². The highest BCUT2D eigenvalue weighted by atomic mass is 16.5. The van der Waals surface area contributed by atoms with Crippen molar-refractivity contribution in [1.82, 2.24) is 4.90 Å². The van der Waals surface area contributed by atoms with Gasteiger partial charge in [-0.3, -0.25) is 4.90 Å². The van der Waals surface area contributed by atoms with E-state index in [4.69, 9.17) is 4.74 Å². The van der Waals surface area contributed by atoms with Gasteiger partial charge in [0.05, 0.1) is 5.56 Å². The minimum absolute atomic E-state index is 0.0125. The molecule has 0 aliphatic carbocycles. The monoisotopic (exact) mass is 459 g/mol. The van der Waals surface area contributed by atoms with Crippen molar-refractivity contribution in [3.05, 3.63) is 101 Å². The van der Waals surface area contributed by atoms with Gasteiger partial charge in [-0.05, 0) is 76.9 Å². The number of hydrogen-bond acceptors (Lipinski definition) is 3. The average molecular weight is 460 g/mol. The van der Waals surface area contributed by atoms with Crippen molar-refractivity contribution in [2.45, 2.75) is 65.1 Å². The topological polar surface area (TPSA) is 49.8 Å². The van der Waals surface area contributed by atoms with Crippen LogP contribution in [0.2, 0.25) is 0 Å². The first-order valence-corrected chi connectivity index (χ1v) is 12.2. The van der Waals surface area contributed by atoms with Crippen molar-refractivity contribution in [2.24, 2.45) is 0 Å². The van der Waals surface area contributed by atoms with E-state index in [9.17, 15) is 9.90 Å². The molecule has 34 heavy (non-hydrogen) atoms. The Kier molecular flexibility index (Phi) is 8.89. The second-order valence-corrected chi connectivity index (χ2v) is 9.41. The number of carbonyl (C=O) groups is 1. The number of hydrogen-bond donors (Lipinski definition) is 1. The van der Waals surface area contributed by atoms with Crippen LogP contribution in [-0.4, -0.2) is 34.6 Å². The molecule has 0 fully saturated rings. The second kappa shape index (κ2) is 11.8. The van der Waals surface area contributed by atoms with E-state index >= 15 is 0 Å². The molecule has 1 N–H and O–H groups in total. The molecule has 0 aliphatic heterocycles. The summed E-state index contributed by atoms with van der Waals surface area (Å²) in [6, 6.07) is 26.5. The van der Waals surface area contributed by atoms with E-state index < -0.39 is 5.97 Å². The van der Waals surface area contributed by atoms with Crippen LogP contribution in [0.3, 0.4) is 0 Å². The van der Waals surface area contributed by atoms with Crippen LogP contribution in [0.4, 0.5) is 0 Å². The molecule has 4 heteroatoms. The van der Waals surface area contributed by atoms with E-state index in [-0.39, 0.29) is 17.6 Å². The van der Waals surface area contributed by atoms with Gasteiger partial charge in [-0.2, -0.15) is 0 Å². The molecule has 2 unspecified atom stereocenters. The lowest BCUT2D eigenvalue weighted by atomic mass is 9.86. The molecular formula is C30H37NO3. The summed E-state index contributed by atoms with van der Waals surface area (Å²) in [5.74, 6) is -0.184. The standard InChI is InChI=1S/C30H37NO3/c1-21(2)31(22(3)4)19-18-27(25-14-10-7-11-15-25)28-20-26(30(32)33)16-17-29(28)34-23(5)24-12-8-6-9-13-24/h6-17,20-23,27H,18-19H2,1-5H3,(H,32,33). The maximum Gasteiger partial charge on any atom is 0.335 e. The van der Waals surface area contributed by atoms with Gasteiger partial charge in [-0.15, -0.1) is 0 Å². The minimum Gasteiger partial charge on any atom is -0.486 e. The molecule has 3 rings (SSSR count). The normalized spacial score (nSPS) is 13.3. The summed E-state index contributed by atoms with van der Waals surface area (Å²) in [6.45, 7) is 11.8. The predicted octanol–water partition coefficient (Wildman–Crippen LogP) is 7.17. The van der Waals surface area contributed by atoms with Crippen LogP contribution in [-0.2, 0) is 0 Å². The molecule has 0 spiro atoms. The number of aromatic carboxylic acids is 1. The molecule has 0 radical (unpaired) electrons. The molecule has 0 saturated carbocycles. The maximum atomic E-state index is 11.9. The van der Waals surface area contributed by atoms with Crippen LogP contribution >= 0.6 is 0 Å². The zero-order valence-electron chi connectivity index (χ0n) is 20.9. The second-order valence-electron chi connectivity index (χ2n) is 9.41. The fourth-order valence-electron chi connectivity index (χ4n) is 4.62. The van der Waals surface area contributed by atoms with Gasteiger partial charge < -0.3 is 9.84 Å². The fourth-order valence-corrected chi connectivity index (χ4v) is 4.62. The predicted molar refractivity (Wildman–Crippen MR) is 139 cm³/mol. The van der Waals surface area contributed by atoms with Gasteiger partial charge in [-0.1, -0.05) is 60.7 Å². The summed E-state index contributed by atoms with van der Waals surface area (Å²) >= 11 is 0. The maximum absolute atomic E-state index is 11.9. The first-order chi connectivity index (χ1) is 16.3. The molecule has 4 nitrogen and oxygen atoms in total. The highest BCUT2D eigenvalue weighted by Crippen LogP contribution is 2.37. The van der Waals surface area contributed by atoms with Crippen molar-refractivity contribution in [1.29, 1.82) is 0 Å². The van der Waals surface area contributed by atoms with Gasteiger partial charge in [0.1, 0.15) is 11.9 Å². The molecular weight excluding hydrogens is 422 g/mol. The third-order valence-corrected chi connectivity index (χ3v) is 6.41. The summed E-state index contributed by atoms with van der Waals surface area (Å²) in [6.07, 6.45) is 0.703. The number of carboxylic acids is 1. The summed E-state index contributed by atoms with van der Waals surface area (Å²) in [5, 5.41) is 9.73. The molecule has 0 bridgehead atoms. The quantitative estimate of drug-likeness (QED) is 0.330. The Morgan fingerprint density at radius 3 is 1.91 bits per heavy atom. The smallest absolute Gasteiger partial charge is 0.335 e. The Morgan fingerprint density at radius 1 is 0.824 bits per heavy atom. The lowest BCUT2D eigenvalue weighted by Gasteiger charge is -2.32. The lowest BCUT2D eigenvalue weighted by Crippen LogP contribution is -2.38. The van der Waals surface area contributed by atoms with Crippen molar-refractivity contribution < 1.29 is 14.6 Å². The summed E-state index contributed by atoms with van der Waals surface area (Å²) < 4.78 is 6.46. The third-order valence-electron chi connectivity index (χ3n) is 6.41. The highest BCUT2D eigenvalue weighted by Gasteiger charge is 2.24. The summed E-state index contributed by atoms with van der Waals surface area (Å²) in [7, 11) is 0. The van der Waals surface area contributed by atoms with Gasteiger partial charge in [0.25, 0.3) is 0 Å². The van der Waals surface area contributed by atoms with E-state index in [0.29, 0.717) is 12.1 Å². The van der Waals surface area contributed by atoms with Crippen molar-refractivity contribution >= 4 is 5.97 Å². The molecule has 0 aromatic heterocycles. The zero-order chi connectivity index (χ0) is 24.7. The van der Waals surface area contributed by atoms with Crippen LogP contribution in [0.1, 0.15) is 80.1 Å². The molecule has 2 atom stereocenters. The summed E-state index contributed by atoms with van der Waals surface area (Å²) in [4.78, 5) is 14.3. The van der Waals surface area contributed by atoms with E-state index in [0.717, 1.165) is 35.4 Å². The third kappa shape index (κ3) is 6.48. The van der Waals surface area contributed by atoms with E-state index in [1.807, 2.05) is 61.5 Å².